The molecule has 1 aliphatic carbocycles. The van der Waals surface area contributed by atoms with Crippen LogP contribution in [0.2, 0.25) is 0 Å². The molecule has 1 saturated carbocycles. The van der Waals surface area contributed by atoms with Crippen LogP contribution in [0, 0.1) is 5.92 Å². The first-order valence-corrected chi connectivity index (χ1v) is 15.0. The molecule has 0 aromatic heterocycles. The minimum absolute atomic E-state index is 0.194. The van der Waals surface area contributed by atoms with Gasteiger partial charge >= 0.3 is 6.03 Å². The molecule has 0 unspecified atom stereocenters. The number of nitrogens with one attached hydrogen (secondary N) is 3. The van der Waals surface area contributed by atoms with E-state index in [0.717, 1.165) is 37.7 Å². The number of benzene rings is 2. The molecule has 11 nitrogen and oxygen atoms in total. The zero-order valence-corrected chi connectivity index (χ0v) is 24.7. The number of anilines is 1. The van der Waals surface area contributed by atoms with Crippen LogP contribution in [0.1, 0.15) is 44.1 Å². The normalized spacial score (nSPS) is 16.9. The molecule has 11 heteroatoms. The molecule has 2 aliphatic rings. The van der Waals surface area contributed by atoms with Crippen molar-refractivity contribution >= 4 is 29.3 Å². The lowest BCUT2D eigenvalue weighted by atomic mass is 9.84. The van der Waals surface area contributed by atoms with Gasteiger partial charge in [0, 0.05) is 18.8 Å². The molecule has 232 valence electrons. The fourth-order valence-electron chi connectivity index (χ4n) is 5.34. The van der Waals surface area contributed by atoms with E-state index in [9.17, 15) is 19.2 Å². The number of hydrogen-bond donors (Lipinski definition) is 3. The first-order valence-electron chi connectivity index (χ1n) is 15.0. The van der Waals surface area contributed by atoms with Crippen molar-refractivity contribution in [3.05, 3.63) is 60.2 Å². The zero-order chi connectivity index (χ0) is 30.4. The Morgan fingerprint density at radius 2 is 1.60 bits per heavy atom. The Morgan fingerprint density at radius 3 is 2.28 bits per heavy atom. The highest BCUT2D eigenvalue weighted by Crippen LogP contribution is 2.27. The van der Waals surface area contributed by atoms with Crippen molar-refractivity contribution < 1.29 is 33.4 Å². The second-order valence-corrected chi connectivity index (χ2v) is 11.0. The summed E-state index contributed by atoms with van der Waals surface area (Å²) in [5.41, 5.74) is 1.29. The Kier molecular flexibility index (Phi) is 12.4. The summed E-state index contributed by atoms with van der Waals surface area (Å²) in [7, 11) is 1.53. The van der Waals surface area contributed by atoms with Crippen LogP contribution in [0.3, 0.4) is 0 Å². The number of methoxy groups -OCH3 is 1. The molecule has 2 aromatic carbocycles. The fraction of sp³-hybridized carbons (Fsp3) is 0.500. The van der Waals surface area contributed by atoms with Gasteiger partial charge in [0.2, 0.25) is 11.7 Å². The minimum atomic E-state index is -1.26. The zero-order valence-electron chi connectivity index (χ0n) is 24.7. The van der Waals surface area contributed by atoms with Crippen LogP contribution >= 0.6 is 0 Å². The molecular formula is C32H42N4O7. The highest BCUT2D eigenvalue weighted by Gasteiger charge is 2.33. The van der Waals surface area contributed by atoms with Gasteiger partial charge < -0.3 is 35.1 Å². The number of rotatable bonds is 13. The van der Waals surface area contributed by atoms with E-state index >= 15 is 0 Å². The van der Waals surface area contributed by atoms with Crippen LogP contribution < -0.4 is 20.7 Å². The van der Waals surface area contributed by atoms with Crippen molar-refractivity contribution in [1.82, 2.24) is 15.5 Å². The van der Waals surface area contributed by atoms with Gasteiger partial charge in [0.15, 0.2) is 0 Å². The van der Waals surface area contributed by atoms with Gasteiger partial charge in [-0.05, 0) is 42.2 Å². The average molecular weight is 595 g/mol. The molecule has 2 atom stereocenters. The quantitative estimate of drug-likeness (QED) is 0.303. The van der Waals surface area contributed by atoms with Crippen LogP contribution in [0.25, 0.3) is 0 Å². The largest absolute Gasteiger partial charge is 0.497 e. The molecule has 1 aliphatic heterocycles. The molecule has 0 radical (unpaired) electrons. The number of amides is 4. The van der Waals surface area contributed by atoms with Crippen molar-refractivity contribution in [2.24, 2.45) is 5.92 Å². The number of ketones is 1. The fourth-order valence-corrected chi connectivity index (χ4v) is 5.34. The Bertz CT molecular complexity index is 1200. The summed E-state index contributed by atoms with van der Waals surface area (Å²) in [6, 6.07) is 13.5. The van der Waals surface area contributed by atoms with E-state index in [1.807, 2.05) is 30.3 Å². The maximum Gasteiger partial charge on any atom is 0.318 e. The van der Waals surface area contributed by atoms with Gasteiger partial charge in [-0.3, -0.25) is 14.4 Å². The number of urea groups is 1. The van der Waals surface area contributed by atoms with Crippen molar-refractivity contribution in [3.8, 4) is 5.75 Å². The molecule has 4 rings (SSSR count). The molecule has 1 heterocycles. The summed E-state index contributed by atoms with van der Waals surface area (Å²) in [6.45, 7) is 1.72. The molecule has 2 aromatic rings. The van der Waals surface area contributed by atoms with Gasteiger partial charge in [0.05, 0.1) is 33.5 Å². The smallest absolute Gasteiger partial charge is 0.318 e. The summed E-state index contributed by atoms with van der Waals surface area (Å²) in [4.78, 5) is 54.8. The van der Waals surface area contributed by atoms with Gasteiger partial charge in [-0.1, -0.05) is 62.4 Å². The van der Waals surface area contributed by atoms with Crippen molar-refractivity contribution in [1.29, 1.82) is 0 Å². The maximum atomic E-state index is 13.7. The molecular weight excluding hydrogens is 552 g/mol. The summed E-state index contributed by atoms with van der Waals surface area (Å²) in [6.07, 6.45) is 5.72. The average Bonchev–Trinajstić information content (AvgIpc) is 3.05. The highest BCUT2D eigenvalue weighted by molar-refractivity contribution is 6.42. The summed E-state index contributed by atoms with van der Waals surface area (Å²) in [5, 5.41) is 8.21. The van der Waals surface area contributed by atoms with Crippen LogP contribution in [0.5, 0.6) is 5.75 Å². The summed E-state index contributed by atoms with van der Waals surface area (Å²) in [5.74, 6) is -1.39. The Morgan fingerprint density at radius 1 is 0.907 bits per heavy atom. The van der Waals surface area contributed by atoms with Gasteiger partial charge in [-0.2, -0.15) is 0 Å². The van der Waals surface area contributed by atoms with Gasteiger partial charge in [-0.25, -0.2) is 4.79 Å². The number of morpholine rings is 1. The van der Waals surface area contributed by atoms with E-state index in [-0.39, 0.29) is 25.2 Å². The van der Waals surface area contributed by atoms with E-state index in [2.05, 4.69) is 16.0 Å². The van der Waals surface area contributed by atoms with Crippen LogP contribution in [-0.2, 0) is 30.5 Å². The van der Waals surface area contributed by atoms with Crippen LogP contribution in [-0.4, -0.2) is 80.6 Å². The lowest BCUT2D eigenvalue weighted by Crippen LogP contribution is -2.57. The number of hydrogen-bond acceptors (Lipinski definition) is 7. The van der Waals surface area contributed by atoms with Crippen LogP contribution in [0.15, 0.2) is 54.6 Å². The van der Waals surface area contributed by atoms with Gasteiger partial charge in [-0.15, -0.1) is 0 Å². The number of carbonyl (C=O) groups excluding carboxylic acids is 4. The van der Waals surface area contributed by atoms with E-state index in [1.165, 1.54) is 7.11 Å². The standard InChI is InChI=1S/C32H42N4O7/c1-41-26-14-12-25(13-15-26)33-31(39)29(37)28(22-43-21-24-10-6-3-7-11-24)34-30(38)27(20-23-8-4-2-5-9-23)35-32(40)36-16-18-42-19-17-36/h3,6-7,10-15,23,27-28H,2,4-5,8-9,16-22H2,1H3,(H,33,39)(H,34,38)(H,35,40)/t27-,28+/m0/s1. The number of carbonyl (C=O) groups is 4. The number of nitrogens with zero attached hydrogens (tertiary/aromatic N) is 1. The summed E-state index contributed by atoms with van der Waals surface area (Å²) < 4.78 is 16.3. The molecule has 1 saturated heterocycles. The van der Waals surface area contributed by atoms with E-state index in [0.29, 0.717) is 44.2 Å². The van der Waals surface area contributed by atoms with E-state index in [4.69, 9.17) is 14.2 Å². The number of Topliss-reactive ketones (excluding diaryl/α,β-unsaturated/α-hetero) is 1. The SMILES string of the molecule is COc1ccc(NC(=O)C(=O)[C@@H](COCc2ccccc2)NC(=O)[C@H](CC2CCCCC2)NC(=O)N2CCOCC2)cc1. The summed E-state index contributed by atoms with van der Waals surface area (Å²) >= 11 is 0. The first kappa shape index (κ1) is 32.0. The highest BCUT2D eigenvalue weighted by atomic mass is 16.5. The molecule has 4 amide bonds. The second-order valence-electron chi connectivity index (χ2n) is 11.0. The van der Waals surface area contributed by atoms with Crippen molar-refractivity contribution in [2.45, 2.75) is 57.2 Å². The third kappa shape index (κ3) is 10.1. The molecule has 0 bridgehead atoms. The number of ether oxygens (including phenoxy) is 3. The van der Waals surface area contributed by atoms with Gasteiger partial charge in [0.1, 0.15) is 17.8 Å². The predicted molar refractivity (Wildman–Crippen MR) is 161 cm³/mol. The third-order valence-corrected chi connectivity index (χ3v) is 7.81. The van der Waals surface area contributed by atoms with Gasteiger partial charge in [0.25, 0.3) is 5.91 Å². The Balaban J connectivity index is 1.46. The lowest BCUT2D eigenvalue weighted by Gasteiger charge is -2.31. The molecule has 3 N–H and O–H groups in total. The van der Waals surface area contributed by atoms with E-state index in [1.54, 1.807) is 29.2 Å². The monoisotopic (exact) mass is 594 g/mol. The molecule has 0 spiro atoms. The minimum Gasteiger partial charge on any atom is -0.497 e. The lowest BCUT2D eigenvalue weighted by molar-refractivity contribution is -0.139. The Hall–Kier alpha value is -3.96. The second kappa shape index (κ2) is 16.6. The van der Waals surface area contributed by atoms with Crippen molar-refractivity contribution in [2.75, 3.05) is 45.3 Å². The Labute approximate surface area is 252 Å². The van der Waals surface area contributed by atoms with Crippen LogP contribution in [0.4, 0.5) is 10.5 Å². The predicted octanol–water partition coefficient (Wildman–Crippen LogP) is 3.29. The first-order chi connectivity index (χ1) is 20.9. The maximum absolute atomic E-state index is 13.7. The van der Waals surface area contributed by atoms with E-state index < -0.39 is 29.7 Å². The third-order valence-electron chi connectivity index (χ3n) is 7.81. The molecule has 2 fully saturated rings. The van der Waals surface area contributed by atoms with Crippen molar-refractivity contribution in [3.63, 3.8) is 0 Å². The topological polar surface area (TPSA) is 135 Å². The molecule has 43 heavy (non-hydrogen) atoms.